The predicted molar refractivity (Wildman–Crippen MR) is 299 cm³/mol. The molecule has 7 nitrogen and oxygen atoms in total. The Hall–Kier alpha value is -1.63. The van der Waals surface area contributed by atoms with E-state index < -0.39 is 0 Å². The van der Waals surface area contributed by atoms with E-state index in [4.69, 9.17) is 9.47 Å². The smallest absolute Gasteiger partial charge is 0.308 e. The van der Waals surface area contributed by atoms with Crippen molar-refractivity contribution >= 4 is 17.8 Å². The van der Waals surface area contributed by atoms with Crippen LogP contribution in [0, 0.1) is 17.8 Å². The molecule has 0 fully saturated rings. The molecule has 0 N–H and O–H groups in total. The van der Waals surface area contributed by atoms with E-state index in [1.165, 1.54) is 167 Å². The van der Waals surface area contributed by atoms with Gasteiger partial charge in [0.2, 0.25) is 5.91 Å². The third-order valence-electron chi connectivity index (χ3n) is 14.9. The summed E-state index contributed by atoms with van der Waals surface area (Å²) in [5.41, 5.74) is 0. The zero-order valence-electron chi connectivity index (χ0n) is 47.8. The second-order valence-electron chi connectivity index (χ2n) is 22.0. The number of carbonyl (C=O) groups excluding carboxylic acids is 3. The zero-order valence-corrected chi connectivity index (χ0v) is 47.8. The zero-order chi connectivity index (χ0) is 50.7. The monoisotopic (exact) mass is 975 g/mol. The van der Waals surface area contributed by atoms with Crippen LogP contribution in [0.3, 0.4) is 0 Å². The Kier molecular flexibility index (Phi) is 51.4. The van der Waals surface area contributed by atoms with Gasteiger partial charge in [0.05, 0.1) is 25.0 Å². The van der Waals surface area contributed by atoms with Crippen LogP contribution in [0.15, 0.2) is 0 Å². The van der Waals surface area contributed by atoms with Crippen LogP contribution in [0.1, 0.15) is 317 Å². The molecule has 1 amide bonds. The van der Waals surface area contributed by atoms with Crippen LogP contribution in [0.5, 0.6) is 0 Å². The van der Waals surface area contributed by atoms with Gasteiger partial charge in [0.25, 0.3) is 0 Å². The molecule has 0 saturated carbocycles. The van der Waals surface area contributed by atoms with E-state index >= 15 is 0 Å². The first-order chi connectivity index (χ1) is 33.7. The first-order valence-electron chi connectivity index (χ1n) is 31.0. The molecule has 0 saturated heterocycles. The lowest BCUT2D eigenvalue weighted by Crippen LogP contribution is -2.38. The summed E-state index contributed by atoms with van der Waals surface area (Å²) in [5.74, 6) is 0.865. The number of rotatable bonds is 55. The summed E-state index contributed by atoms with van der Waals surface area (Å²) in [6, 6.07) is 0. The number of carbonyl (C=O) groups is 3. The van der Waals surface area contributed by atoms with E-state index in [9.17, 15) is 14.4 Å². The van der Waals surface area contributed by atoms with Crippen molar-refractivity contribution in [3.63, 3.8) is 0 Å². The standard InChI is InChI=1S/C62H122N2O5/c1-8-13-18-23-28-33-42-53-64(54-45-52-63(6)7)60(65)57(46-40-31-26-24-29-34-43-55-68-61(66)58(48-36-19-14-9-2)49-37-20-15-10-3)47-41-32-27-25-30-35-44-56-69-62(67)59(50-38-21-16-11-4)51-39-22-17-12-5/h57-59H,8-56H2,1-7H3. The third kappa shape index (κ3) is 43.7. The second-order valence-corrected chi connectivity index (χ2v) is 22.0. The molecule has 0 spiro atoms. The minimum atomic E-state index is 0.0571. The van der Waals surface area contributed by atoms with Gasteiger partial charge in [0, 0.05) is 19.0 Å². The summed E-state index contributed by atoms with van der Waals surface area (Å²) in [5, 5.41) is 0. The number of ether oxygens (including phenoxy) is 2. The van der Waals surface area contributed by atoms with Gasteiger partial charge in [0.15, 0.2) is 0 Å². The highest BCUT2D eigenvalue weighted by atomic mass is 16.5. The fraction of sp³-hybridized carbons (Fsp3) is 0.952. The van der Waals surface area contributed by atoms with Crippen LogP contribution in [0.2, 0.25) is 0 Å². The molecule has 0 bridgehead atoms. The summed E-state index contributed by atoms with van der Waals surface area (Å²) >= 11 is 0. The Bertz CT molecular complexity index is 1010. The first-order valence-corrected chi connectivity index (χ1v) is 31.0. The SMILES string of the molecule is CCCCCCCCCN(CCCN(C)C)C(=O)C(CCCCCCCCCOC(=O)C(CCCCCC)CCCCCC)CCCCCCCCCOC(=O)C(CCCCCC)CCCCCC. The molecule has 0 aromatic carbocycles. The van der Waals surface area contributed by atoms with Crippen LogP contribution in [-0.2, 0) is 23.9 Å². The summed E-state index contributed by atoms with van der Waals surface area (Å²) in [6.07, 6.45) is 51.5. The molecule has 0 aliphatic rings. The molecule has 0 aliphatic heterocycles. The van der Waals surface area contributed by atoms with Crippen molar-refractivity contribution in [1.82, 2.24) is 9.80 Å². The van der Waals surface area contributed by atoms with E-state index in [0.717, 1.165) is 135 Å². The van der Waals surface area contributed by atoms with Crippen molar-refractivity contribution in [2.24, 2.45) is 17.8 Å². The van der Waals surface area contributed by atoms with E-state index in [1.54, 1.807) is 0 Å². The highest BCUT2D eigenvalue weighted by Gasteiger charge is 2.24. The Morgan fingerprint density at radius 2 is 0.565 bits per heavy atom. The number of esters is 2. The number of amides is 1. The second kappa shape index (κ2) is 52.7. The van der Waals surface area contributed by atoms with E-state index in [2.05, 4.69) is 58.5 Å². The first kappa shape index (κ1) is 67.4. The highest BCUT2D eigenvalue weighted by molar-refractivity contribution is 5.78. The summed E-state index contributed by atoms with van der Waals surface area (Å²) < 4.78 is 11.7. The Morgan fingerprint density at radius 1 is 0.304 bits per heavy atom. The molecule has 0 rings (SSSR count). The fourth-order valence-electron chi connectivity index (χ4n) is 10.2. The van der Waals surface area contributed by atoms with Crippen LogP contribution in [-0.4, -0.2) is 74.6 Å². The fourth-order valence-corrected chi connectivity index (χ4v) is 10.2. The van der Waals surface area contributed by atoms with Gasteiger partial charge >= 0.3 is 11.9 Å². The summed E-state index contributed by atoms with van der Waals surface area (Å²) in [6.45, 7) is 15.2. The van der Waals surface area contributed by atoms with Gasteiger partial charge in [-0.2, -0.15) is 0 Å². The molecule has 0 aromatic rings. The van der Waals surface area contributed by atoms with Gasteiger partial charge in [-0.3, -0.25) is 14.4 Å². The van der Waals surface area contributed by atoms with Crippen LogP contribution in [0.25, 0.3) is 0 Å². The number of hydrogen-bond acceptors (Lipinski definition) is 6. The van der Waals surface area contributed by atoms with Gasteiger partial charge < -0.3 is 19.3 Å². The molecule has 0 radical (unpaired) electrons. The van der Waals surface area contributed by atoms with Crippen molar-refractivity contribution in [3.8, 4) is 0 Å². The van der Waals surface area contributed by atoms with Gasteiger partial charge in [-0.1, -0.05) is 253 Å². The Balaban J connectivity index is 4.98. The van der Waals surface area contributed by atoms with Crippen LogP contribution in [0.4, 0.5) is 0 Å². The molecule has 0 atom stereocenters. The Labute approximate surface area is 431 Å². The molecule has 69 heavy (non-hydrogen) atoms. The largest absolute Gasteiger partial charge is 0.465 e. The lowest BCUT2D eigenvalue weighted by atomic mass is 9.92. The van der Waals surface area contributed by atoms with Crippen molar-refractivity contribution in [3.05, 3.63) is 0 Å². The minimum absolute atomic E-state index is 0.0571. The maximum Gasteiger partial charge on any atom is 0.308 e. The molecule has 7 heteroatoms. The molecule has 0 aromatic heterocycles. The maximum atomic E-state index is 14.4. The molecule has 0 unspecified atom stereocenters. The van der Waals surface area contributed by atoms with Crippen LogP contribution >= 0.6 is 0 Å². The van der Waals surface area contributed by atoms with Gasteiger partial charge in [-0.15, -0.1) is 0 Å². The molecule has 410 valence electrons. The van der Waals surface area contributed by atoms with Gasteiger partial charge in [-0.05, 0) is 84.8 Å². The average molecular weight is 976 g/mol. The third-order valence-corrected chi connectivity index (χ3v) is 14.9. The number of hydrogen-bond donors (Lipinski definition) is 0. The average Bonchev–Trinajstić information content (AvgIpc) is 3.34. The number of nitrogens with zero attached hydrogens (tertiary/aromatic N) is 2. The summed E-state index contributed by atoms with van der Waals surface area (Å²) in [7, 11) is 4.28. The molecular formula is C62H122N2O5. The normalized spacial score (nSPS) is 11.8. The lowest BCUT2D eigenvalue weighted by Gasteiger charge is -2.28. The lowest BCUT2D eigenvalue weighted by molar-refractivity contribution is -0.150. The molecule has 0 heterocycles. The van der Waals surface area contributed by atoms with E-state index in [1.807, 2.05) is 0 Å². The molecular weight excluding hydrogens is 853 g/mol. The summed E-state index contributed by atoms with van der Waals surface area (Å²) in [4.78, 5) is 44.9. The topological polar surface area (TPSA) is 76.2 Å². The van der Waals surface area contributed by atoms with Crippen LogP contribution < -0.4 is 0 Å². The van der Waals surface area contributed by atoms with Crippen molar-refractivity contribution in [2.45, 2.75) is 317 Å². The van der Waals surface area contributed by atoms with Crippen molar-refractivity contribution in [2.75, 3.05) is 46.9 Å². The predicted octanol–water partition coefficient (Wildman–Crippen LogP) is 18.6. The highest BCUT2D eigenvalue weighted by Crippen LogP contribution is 2.25. The quantitative estimate of drug-likeness (QED) is 0.0446. The minimum Gasteiger partial charge on any atom is -0.465 e. The number of unbranched alkanes of at least 4 members (excludes halogenated alkanes) is 30. The maximum absolute atomic E-state index is 14.4. The van der Waals surface area contributed by atoms with Crippen molar-refractivity contribution < 1.29 is 23.9 Å². The van der Waals surface area contributed by atoms with E-state index in [0.29, 0.717) is 19.1 Å². The molecule has 0 aliphatic carbocycles. The van der Waals surface area contributed by atoms with E-state index in [-0.39, 0.29) is 29.7 Å². The Morgan fingerprint density at radius 3 is 0.899 bits per heavy atom. The van der Waals surface area contributed by atoms with Crippen molar-refractivity contribution in [1.29, 1.82) is 0 Å². The van der Waals surface area contributed by atoms with Gasteiger partial charge in [-0.25, -0.2) is 0 Å². The van der Waals surface area contributed by atoms with Gasteiger partial charge in [0.1, 0.15) is 0 Å².